The maximum atomic E-state index is 13.6. The van der Waals surface area contributed by atoms with E-state index in [9.17, 15) is 19.2 Å². The molecule has 6 nitrogen and oxygen atoms in total. The Bertz CT molecular complexity index is 1170. The lowest BCUT2D eigenvalue weighted by atomic mass is 9.33. The van der Waals surface area contributed by atoms with Crippen molar-refractivity contribution in [2.75, 3.05) is 0 Å². The number of amides is 1. The largest absolute Gasteiger partial charge is 0.446 e. The smallest absolute Gasteiger partial charge is 0.404 e. The van der Waals surface area contributed by atoms with E-state index in [1.165, 1.54) is 6.92 Å². The molecule has 8 unspecified atom stereocenters. The van der Waals surface area contributed by atoms with Crippen LogP contribution in [0.4, 0.5) is 4.79 Å². The van der Waals surface area contributed by atoms with Crippen molar-refractivity contribution in [1.82, 2.24) is 0 Å². The summed E-state index contributed by atoms with van der Waals surface area (Å²) in [6.07, 6.45) is 6.75. The molecule has 5 aliphatic rings. The van der Waals surface area contributed by atoms with Crippen LogP contribution in [0.5, 0.6) is 0 Å². The van der Waals surface area contributed by atoms with Gasteiger partial charge >= 0.3 is 6.09 Å². The molecule has 2 N–H and O–H groups in total. The Kier molecular flexibility index (Phi) is 6.41. The SMILES string of the molecule is CC(=O)C(=O)C12CCC3(C)C(CCC4C5(C)CCC(OC(N)=O)C(C)(C)C5CCC43C)C1=C(C(C)C)C(=O)C2. The lowest BCUT2D eigenvalue weighted by Crippen LogP contribution is -2.66. The summed E-state index contributed by atoms with van der Waals surface area (Å²) in [5.41, 5.74) is 6.34. The molecule has 8 atom stereocenters. The predicted molar refractivity (Wildman–Crippen MR) is 150 cm³/mol. The monoisotopic (exact) mass is 539 g/mol. The molecule has 0 aromatic carbocycles. The number of allylic oxidation sites excluding steroid dienone is 2. The number of hydrogen-bond donors (Lipinski definition) is 1. The molecule has 4 saturated carbocycles. The molecular weight excluding hydrogens is 490 g/mol. The minimum atomic E-state index is -0.927. The first-order valence-corrected chi connectivity index (χ1v) is 15.3. The van der Waals surface area contributed by atoms with Crippen LogP contribution < -0.4 is 5.73 Å². The highest BCUT2D eigenvalue weighted by Crippen LogP contribution is 2.76. The maximum Gasteiger partial charge on any atom is 0.404 e. The standard InChI is InChI=1S/C33H49NO5/c1-18(2)25-21(36)17-33(27(37)19(3)35)16-15-31(7)20(26(25)33)9-10-23-30(6)13-12-24(39-28(34)38)29(4,5)22(30)11-14-32(23,31)8/h18,20,22-24H,9-17H2,1-8H3,(H2,34,38). The Labute approximate surface area is 234 Å². The van der Waals surface area contributed by atoms with Crippen molar-refractivity contribution >= 4 is 23.4 Å². The first-order valence-electron chi connectivity index (χ1n) is 15.3. The van der Waals surface area contributed by atoms with Gasteiger partial charge in [0.05, 0.1) is 5.41 Å². The quantitative estimate of drug-likeness (QED) is 0.406. The van der Waals surface area contributed by atoms with Gasteiger partial charge in [0.1, 0.15) is 6.10 Å². The first-order chi connectivity index (χ1) is 18.0. The van der Waals surface area contributed by atoms with Crippen molar-refractivity contribution in [3.63, 3.8) is 0 Å². The third-order valence-electron chi connectivity index (χ3n) is 13.4. The second-order valence-corrected chi connectivity index (χ2v) is 15.4. The number of nitrogens with two attached hydrogens (primary N) is 1. The summed E-state index contributed by atoms with van der Waals surface area (Å²) in [5.74, 6) is 0.409. The van der Waals surface area contributed by atoms with Gasteiger partial charge in [-0.3, -0.25) is 14.4 Å². The number of carbonyl (C=O) groups is 4. The molecule has 0 saturated heterocycles. The van der Waals surface area contributed by atoms with E-state index in [-0.39, 0.29) is 57.6 Å². The van der Waals surface area contributed by atoms with Gasteiger partial charge in [-0.15, -0.1) is 0 Å². The highest BCUT2D eigenvalue weighted by molar-refractivity contribution is 6.40. The molecule has 39 heavy (non-hydrogen) atoms. The van der Waals surface area contributed by atoms with E-state index in [1.54, 1.807) is 0 Å². The van der Waals surface area contributed by atoms with Crippen molar-refractivity contribution < 1.29 is 23.9 Å². The molecule has 4 fully saturated rings. The normalized spacial score (nSPS) is 44.7. The number of fused-ring (bicyclic) bond motifs is 7. The van der Waals surface area contributed by atoms with Crippen molar-refractivity contribution in [1.29, 1.82) is 0 Å². The lowest BCUT2D eigenvalue weighted by molar-refractivity contribution is -0.227. The van der Waals surface area contributed by atoms with Gasteiger partial charge in [0.2, 0.25) is 5.78 Å². The average molecular weight is 540 g/mol. The molecule has 0 spiro atoms. The Hall–Kier alpha value is -1.98. The van der Waals surface area contributed by atoms with Crippen LogP contribution in [0.3, 0.4) is 0 Å². The number of carbonyl (C=O) groups excluding carboxylic acids is 4. The van der Waals surface area contributed by atoms with Gasteiger partial charge in [-0.1, -0.05) is 48.5 Å². The van der Waals surface area contributed by atoms with Crippen LogP contribution in [0.2, 0.25) is 0 Å². The zero-order valence-corrected chi connectivity index (χ0v) is 25.4. The fourth-order valence-electron chi connectivity index (χ4n) is 11.6. The fraction of sp³-hybridized carbons (Fsp3) is 0.818. The van der Waals surface area contributed by atoms with Crippen LogP contribution in [0.15, 0.2) is 11.1 Å². The highest BCUT2D eigenvalue weighted by Gasteiger charge is 2.71. The highest BCUT2D eigenvalue weighted by atomic mass is 16.6. The molecule has 0 aromatic heterocycles. The first kappa shape index (κ1) is 28.5. The van der Waals surface area contributed by atoms with Crippen LogP contribution in [0, 0.1) is 50.7 Å². The van der Waals surface area contributed by atoms with Crippen molar-refractivity contribution in [2.24, 2.45) is 56.5 Å². The van der Waals surface area contributed by atoms with E-state index in [0.717, 1.165) is 56.1 Å². The van der Waals surface area contributed by atoms with Gasteiger partial charge in [0, 0.05) is 18.8 Å². The third-order valence-corrected chi connectivity index (χ3v) is 13.4. The summed E-state index contributed by atoms with van der Waals surface area (Å²) < 4.78 is 5.65. The summed E-state index contributed by atoms with van der Waals surface area (Å²) in [4.78, 5) is 51.3. The number of ketones is 3. The van der Waals surface area contributed by atoms with Crippen molar-refractivity contribution in [2.45, 2.75) is 119 Å². The average Bonchev–Trinajstić information content (AvgIpc) is 3.13. The van der Waals surface area contributed by atoms with Gasteiger partial charge in [-0.2, -0.15) is 0 Å². The number of ether oxygens (including phenoxy) is 1. The van der Waals surface area contributed by atoms with E-state index >= 15 is 0 Å². The molecule has 216 valence electrons. The van der Waals surface area contributed by atoms with Gasteiger partial charge in [-0.05, 0) is 102 Å². The molecule has 5 rings (SSSR count). The van der Waals surface area contributed by atoms with Gasteiger partial charge in [0.25, 0.3) is 0 Å². The molecule has 0 aromatic rings. The fourth-order valence-corrected chi connectivity index (χ4v) is 11.6. The van der Waals surface area contributed by atoms with Crippen LogP contribution in [0.25, 0.3) is 0 Å². The van der Waals surface area contributed by atoms with Gasteiger partial charge in [0.15, 0.2) is 11.6 Å². The Morgan fingerprint density at radius 1 is 0.872 bits per heavy atom. The van der Waals surface area contributed by atoms with Gasteiger partial charge in [-0.25, -0.2) is 4.79 Å². The van der Waals surface area contributed by atoms with E-state index in [1.807, 2.05) is 0 Å². The topological polar surface area (TPSA) is 104 Å². The zero-order valence-electron chi connectivity index (χ0n) is 25.4. The molecule has 6 heteroatoms. The Balaban J connectivity index is 1.58. The van der Waals surface area contributed by atoms with E-state index < -0.39 is 17.3 Å². The summed E-state index contributed by atoms with van der Waals surface area (Å²) in [7, 11) is 0. The zero-order chi connectivity index (χ0) is 28.9. The number of hydrogen-bond acceptors (Lipinski definition) is 5. The number of Topliss-reactive ketones (excluding diaryl/α,β-unsaturated/α-hetero) is 3. The molecular formula is C33H49NO5. The third kappa shape index (κ3) is 3.57. The van der Waals surface area contributed by atoms with Crippen LogP contribution in [0.1, 0.15) is 113 Å². The molecule has 5 aliphatic carbocycles. The minimum absolute atomic E-state index is 0.0385. The predicted octanol–water partition coefficient (Wildman–Crippen LogP) is 6.59. The summed E-state index contributed by atoms with van der Waals surface area (Å²) in [6.45, 7) is 17.4. The maximum absolute atomic E-state index is 13.6. The molecule has 0 bridgehead atoms. The van der Waals surface area contributed by atoms with E-state index in [0.29, 0.717) is 18.3 Å². The van der Waals surface area contributed by atoms with Gasteiger partial charge < -0.3 is 10.5 Å². The Morgan fingerprint density at radius 3 is 2.13 bits per heavy atom. The minimum Gasteiger partial charge on any atom is -0.446 e. The number of rotatable bonds is 4. The summed E-state index contributed by atoms with van der Waals surface area (Å²) in [5, 5.41) is 0. The molecule has 0 radical (unpaired) electrons. The van der Waals surface area contributed by atoms with Crippen LogP contribution >= 0.6 is 0 Å². The van der Waals surface area contributed by atoms with E-state index in [4.69, 9.17) is 10.5 Å². The van der Waals surface area contributed by atoms with Crippen molar-refractivity contribution in [3.05, 3.63) is 11.1 Å². The van der Waals surface area contributed by atoms with Crippen LogP contribution in [-0.2, 0) is 19.1 Å². The lowest BCUT2D eigenvalue weighted by Gasteiger charge is -2.72. The van der Waals surface area contributed by atoms with Crippen LogP contribution in [-0.4, -0.2) is 29.5 Å². The van der Waals surface area contributed by atoms with E-state index in [2.05, 4.69) is 48.5 Å². The molecule has 0 aliphatic heterocycles. The Morgan fingerprint density at radius 2 is 1.54 bits per heavy atom. The second-order valence-electron chi connectivity index (χ2n) is 15.4. The summed E-state index contributed by atoms with van der Waals surface area (Å²) in [6, 6.07) is 0. The number of primary amides is 1. The molecule has 1 amide bonds. The van der Waals surface area contributed by atoms with Crippen molar-refractivity contribution in [3.8, 4) is 0 Å². The molecule has 0 heterocycles. The second kappa shape index (κ2) is 8.76. The summed E-state index contributed by atoms with van der Waals surface area (Å²) >= 11 is 0.